The van der Waals surface area contributed by atoms with Crippen LogP contribution >= 0.6 is 0 Å². The van der Waals surface area contributed by atoms with Crippen molar-refractivity contribution in [1.82, 2.24) is 0 Å². The zero-order valence-electron chi connectivity index (χ0n) is 13.9. The summed E-state index contributed by atoms with van der Waals surface area (Å²) in [4.78, 5) is 0. The number of ether oxygens (including phenoxy) is 1. The third-order valence-corrected chi connectivity index (χ3v) is 3.46. The molecule has 20 heavy (non-hydrogen) atoms. The predicted molar refractivity (Wildman–Crippen MR) is 85.7 cm³/mol. The molecule has 0 saturated heterocycles. The third kappa shape index (κ3) is 4.82. The highest BCUT2D eigenvalue weighted by molar-refractivity contribution is 5.43. The lowest BCUT2D eigenvalue weighted by molar-refractivity contribution is 0.250. The van der Waals surface area contributed by atoms with E-state index >= 15 is 0 Å². The second-order valence-corrected chi connectivity index (χ2v) is 7.49. The Hall–Kier alpha value is -1.02. The van der Waals surface area contributed by atoms with Gasteiger partial charge in [0.1, 0.15) is 5.75 Å². The summed E-state index contributed by atoms with van der Waals surface area (Å²) in [5, 5.41) is 8.82. The number of aliphatic hydroxyl groups excluding tert-OH is 1. The van der Waals surface area contributed by atoms with Crippen LogP contribution in [0.1, 0.15) is 65.5 Å². The van der Waals surface area contributed by atoms with E-state index in [9.17, 15) is 0 Å². The first-order valence-corrected chi connectivity index (χ1v) is 7.55. The number of aliphatic hydroxyl groups is 1. The largest absolute Gasteiger partial charge is 0.493 e. The summed E-state index contributed by atoms with van der Waals surface area (Å²) in [7, 11) is 0. The van der Waals surface area contributed by atoms with Gasteiger partial charge in [-0.2, -0.15) is 0 Å². The molecule has 114 valence electrons. The average Bonchev–Trinajstić information content (AvgIpc) is 2.32. The van der Waals surface area contributed by atoms with Crippen LogP contribution in [0.2, 0.25) is 0 Å². The van der Waals surface area contributed by atoms with E-state index in [2.05, 4.69) is 59.7 Å². The van der Waals surface area contributed by atoms with Crippen LogP contribution in [0.25, 0.3) is 0 Å². The van der Waals surface area contributed by atoms with E-state index in [0.29, 0.717) is 6.61 Å². The zero-order valence-corrected chi connectivity index (χ0v) is 13.9. The van der Waals surface area contributed by atoms with E-state index in [1.165, 1.54) is 11.1 Å². The van der Waals surface area contributed by atoms with Crippen LogP contribution < -0.4 is 4.74 Å². The molecule has 0 aliphatic heterocycles. The van der Waals surface area contributed by atoms with Crippen LogP contribution in [-0.4, -0.2) is 18.3 Å². The Morgan fingerprint density at radius 1 is 0.950 bits per heavy atom. The molecule has 0 aromatic heterocycles. The molecule has 0 fully saturated rings. The highest BCUT2D eigenvalue weighted by atomic mass is 16.5. The summed E-state index contributed by atoms with van der Waals surface area (Å²) < 4.78 is 5.92. The summed E-state index contributed by atoms with van der Waals surface area (Å²) in [6, 6.07) is 6.54. The minimum Gasteiger partial charge on any atom is -0.493 e. The molecule has 1 rings (SSSR count). The van der Waals surface area contributed by atoms with Gasteiger partial charge in [0.05, 0.1) is 6.61 Å². The highest BCUT2D eigenvalue weighted by Crippen LogP contribution is 2.35. The molecular formula is C18H30O2. The van der Waals surface area contributed by atoms with Crippen LogP contribution in [0.15, 0.2) is 18.2 Å². The third-order valence-electron chi connectivity index (χ3n) is 3.46. The molecule has 0 aliphatic carbocycles. The summed E-state index contributed by atoms with van der Waals surface area (Å²) in [5.41, 5.74) is 2.81. The first-order chi connectivity index (χ1) is 9.16. The molecule has 0 bridgehead atoms. The SMILES string of the molecule is CC(C)(C)c1ccc(OCCCCO)c(C(C)(C)C)c1. The summed E-state index contributed by atoms with van der Waals surface area (Å²) in [6.45, 7) is 14.3. The van der Waals surface area contributed by atoms with E-state index in [1.54, 1.807) is 0 Å². The van der Waals surface area contributed by atoms with Gasteiger partial charge in [-0.1, -0.05) is 53.7 Å². The van der Waals surface area contributed by atoms with Gasteiger partial charge in [0.2, 0.25) is 0 Å². The maximum atomic E-state index is 8.82. The number of rotatable bonds is 5. The first-order valence-electron chi connectivity index (χ1n) is 7.55. The fraction of sp³-hybridized carbons (Fsp3) is 0.667. The molecule has 1 aromatic carbocycles. The molecule has 2 nitrogen and oxygen atoms in total. The molecule has 0 amide bonds. The van der Waals surface area contributed by atoms with E-state index in [-0.39, 0.29) is 17.4 Å². The fourth-order valence-electron chi connectivity index (χ4n) is 2.10. The van der Waals surface area contributed by atoms with Crippen molar-refractivity contribution in [2.45, 2.75) is 65.2 Å². The van der Waals surface area contributed by atoms with Crippen molar-refractivity contribution in [3.8, 4) is 5.75 Å². The quantitative estimate of drug-likeness (QED) is 0.807. The van der Waals surface area contributed by atoms with Gasteiger partial charge in [-0.25, -0.2) is 0 Å². The summed E-state index contributed by atoms with van der Waals surface area (Å²) >= 11 is 0. The standard InChI is InChI=1S/C18H30O2/c1-17(2,3)14-9-10-16(20-12-8-7-11-19)15(13-14)18(4,5)6/h9-10,13,19H,7-8,11-12H2,1-6H3. The van der Waals surface area contributed by atoms with Crippen molar-refractivity contribution >= 4 is 0 Å². The minimum atomic E-state index is 0.0631. The van der Waals surface area contributed by atoms with Crippen molar-refractivity contribution in [2.75, 3.05) is 13.2 Å². The topological polar surface area (TPSA) is 29.5 Å². The Bertz CT molecular complexity index is 422. The maximum absolute atomic E-state index is 8.82. The van der Waals surface area contributed by atoms with Gasteiger partial charge in [0.15, 0.2) is 0 Å². The van der Waals surface area contributed by atoms with E-state index in [1.807, 2.05) is 0 Å². The normalized spacial score (nSPS) is 12.6. The Morgan fingerprint density at radius 2 is 1.60 bits per heavy atom. The van der Waals surface area contributed by atoms with Gasteiger partial charge in [0, 0.05) is 6.61 Å². The van der Waals surface area contributed by atoms with Crippen molar-refractivity contribution in [2.24, 2.45) is 0 Å². The summed E-state index contributed by atoms with van der Waals surface area (Å²) in [6.07, 6.45) is 1.69. The second-order valence-electron chi connectivity index (χ2n) is 7.49. The maximum Gasteiger partial charge on any atom is 0.123 e. The molecule has 1 N–H and O–H groups in total. The van der Waals surface area contributed by atoms with Gasteiger partial charge >= 0.3 is 0 Å². The molecule has 1 aromatic rings. The van der Waals surface area contributed by atoms with Gasteiger partial charge in [0.25, 0.3) is 0 Å². The Balaban J connectivity index is 2.99. The van der Waals surface area contributed by atoms with Crippen molar-refractivity contribution < 1.29 is 9.84 Å². The zero-order chi connectivity index (χ0) is 15.4. The molecule has 0 spiro atoms. The predicted octanol–water partition coefficient (Wildman–Crippen LogP) is 4.43. The molecule has 0 aliphatic rings. The number of hydrogen-bond acceptors (Lipinski definition) is 2. The van der Waals surface area contributed by atoms with Crippen LogP contribution in [0.5, 0.6) is 5.75 Å². The monoisotopic (exact) mass is 278 g/mol. The summed E-state index contributed by atoms with van der Waals surface area (Å²) in [5.74, 6) is 0.975. The molecule has 0 heterocycles. The van der Waals surface area contributed by atoms with Gasteiger partial charge < -0.3 is 9.84 Å². The van der Waals surface area contributed by atoms with Gasteiger partial charge in [-0.3, -0.25) is 0 Å². The smallest absolute Gasteiger partial charge is 0.123 e. The number of hydrogen-bond donors (Lipinski definition) is 1. The van der Waals surface area contributed by atoms with E-state index < -0.39 is 0 Å². The molecule has 2 heteroatoms. The molecule has 0 radical (unpaired) electrons. The van der Waals surface area contributed by atoms with Crippen LogP contribution in [0.3, 0.4) is 0 Å². The van der Waals surface area contributed by atoms with Gasteiger partial charge in [-0.15, -0.1) is 0 Å². The van der Waals surface area contributed by atoms with Crippen LogP contribution in [-0.2, 0) is 10.8 Å². The number of unbranched alkanes of at least 4 members (excludes halogenated alkanes) is 1. The Labute approximate surface area is 124 Å². The average molecular weight is 278 g/mol. The molecule has 0 saturated carbocycles. The number of benzene rings is 1. The molecule has 0 atom stereocenters. The van der Waals surface area contributed by atoms with E-state index in [0.717, 1.165) is 18.6 Å². The van der Waals surface area contributed by atoms with Crippen molar-refractivity contribution in [3.63, 3.8) is 0 Å². The minimum absolute atomic E-state index is 0.0631. The fourth-order valence-corrected chi connectivity index (χ4v) is 2.10. The Morgan fingerprint density at radius 3 is 2.10 bits per heavy atom. The van der Waals surface area contributed by atoms with Crippen LogP contribution in [0.4, 0.5) is 0 Å². The lowest BCUT2D eigenvalue weighted by atomic mass is 9.80. The molecular weight excluding hydrogens is 248 g/mol. The second kappa shape index (κ2) is 6.62. The van der Waals surface area contributed by atoms with Crippen LogP contribution in [0, 0.1) is 0 Å². The van der Waals surface area contributed by atoms with Gasteiger partial charge in [-0.05, 0) is 40.9 Å². The van der Waals surface area contributed by atoms with E-state index in [4.69, 9.17) is 9.84 Å². The van der Waals surface area contributed by atoms with Crippen molar-refractivity contribution in [3.05, 3.63) is 29.3 Å². The Kier molecular flexibility index (Phi) is 5.64. The first kappa shape index (κ1) is 17.0. The lowest BCUT2D eigenvalue weighted by Crippen LogP contribution is -2.18. The molecule has 0 unspecified atom stereocenters. The highest BCUT2D eigenvalue weighted by Gasteiger charge is 2.22. The van der Waals surface area contributed by atoms with Crippen molar-refractivity contribution in [1.29, 1.82) is 0 Å². The lowest BCUT2D eigenvalue weighted by Gasteiger charge is -2.27.